The highest BCUT2D eigenvalue weighted by atomic mass is 35.5. The van der Waals surface area contributed by atoms with Crippen molar-refractivity contribution in [2.24, 2.45) is 5.92 Å². The van der Waals surface area contributed by atoms with Crippen molar-refractivity contribution < 1.29 is 9.13 Å². The maximum Gasteiger partial charge on any atom is 0.141 e. The summed E-state index contributed by atoms with van der Waals surface area (Å²) in [6, 6.07) is 5.03. The number of nitrogens with one attached hydrogen (secondary N) is 1. The molecule has 1 aliphatic rings. The van der Waals surface area contributed by atoms with Gasteiger partial charge in [0.25, 0.3) is 0 Å². The topological polar surface area (TPSA) is 21.3 Å². The maximum atomic E-state index is 13.0. The summed E-state index contributed by atoms with van der Waals surface area (Å²) in [6.07, 6.45) is 1.11. The fourth-order valence-corrected chi connectivity index (χ4v) is 2.18. The molecule has 1 aromatic carbocycles. The third kappa shape index (κ3) is 3.41. The number of hydrogen-bond acceptors (Lipinski definition) is 2. The van der Waals surface area contributed by atoms with E-state index in [4.69, 9.17) is 16.3 Å². The van der Waals surface area contributed by atoms with Crippen molar-refractivity contribution in [1.82, 2.24) is 5.32 Å². The first kappa shape index (κ1) is 12.8. The lowest BCUT2D eigenvalue weighted by Crippen LogP contribution is -2.26. The van der Waals surface area contributed by atoms with Crippen LogP contribution in [0, 0.1) is 11.7 Å². The van der Waals surface area contributed by atoms with Crippen LogP contribution in [0.5, 0.6) is 0 Å². The smallest absolute Gasteiger partial charge is 0.141 e. The SMILES string of the molecule is CC(NCC1CCOC1)c1ccc(F)c(Cl)c1. The van der Waals surface area contributed by atoms with E-state index in [9.17, 15) is 4.39 Å². The molecule has 0 saturated carbocycles. The van der Waals surface area contributed by atoms with Crippen molar-refractivity contribution in [3.63, 3.8) is 0 Å². The van der Waals surface area contributed by atoms with Gasteiger partial charge in [0.1, 0.15) is 5.82 Å². The van der Waals surface area contributed by atoms with Gasteiger partial charge in [0, 0.05) is 19.2 Å². The van der Waals surface area contributed by atoms with Crippen LogP contribution in [-0.2, 0) is 4.74 Å². The third-order valence-electron chi connectivity index (χ3n) is 3.18. The van der Waals surface area contributed by atoms with Crippen LogP contribution in [0.25, 0.3) is 0 Å². The quantitative estimate of drug-likeness (QED) is 0.895. The molecular weight excluding hydrogens is 241 g/mol. The van der Waals surface area contributed by atoms with E-state index in [1.807, 2.05) is 0 Å². The van der Waals surface area contributed by atoms with Crippen molar-refractivity contribution in [1.29, 1.82) is 0 Å². The molecule has 2 rings (SSSR count). The lowest BCUT2D eigenvalue weighted by Gasteiger charge is -2.17. The Balaban J connectivity index is 1.89. The van der Waals surface area contributed by atoms with Crippen molar-refractivity contribution in [2.75, 3.05) is 19.8 Å². The molecule has 1 aromatic rings. The molecule has 0 aromatic heterocycles. The summed E-state index contributed by atoms with van der Waals surface area (Å²) in [4.78, 5) is 0. The van der Waals surface area contributed by atoms with Gasteiger partial charge in [-0.25, -0.2) is 4.39 Å². The molecule has 1 saturated heterocycles. The minimum Gasteiger partial charge on any atom is -0.381 e. The molecule has 2 atom stereocenters. The lowest BCUT2D eigenvalue weighted by atomic mass is 10.1. The van der Waals surface area contributed by atoms with Crippen molar-refractivity contribution in [3.8, 4) is 0 Å². The molecule has 0 radical (unpaired) electrons. The van der Waals surface area contributed by atoms with Gasteiger partial charge in [-0.3, -0.25) is 0 Å². The molecule has 0 spiro atoms. The van der Waals surface area contributed by atoms with Crippen LogP contribution in [0.2, 0.25) is 5.02 Å². The minimum atomic E-state index is -0.369. The monoisotopic (exact) mass is 257 g/mol. The highest BCUT2D eigenvalue weighted by molar-refractivity contribution is 6.30. The van der Waals surface area contributed by atoms with E-state index in [1.165, 1.54) is 6.07 Å². The van der Waals surface area contributed by atoms with Crippen LogP contribution in [0.1, 0.15) is 24.9 Å². The van der Waals surface area contributed by atoms with Crippen molar-refractivity contribution >= 4 is 11.6 Å². The Morgan fingerprint density at radius 2 is 2.41 bits per heavy atom. The predicted molar refractivity (Wildman–Crippen MR) is 66.8 cm³/mol. The molecule has 2 unspecified atom stereocenters. The average molecular weight is 258 g/mol. The molecular formula is C13H17ClFNO. The molecule has 17 heavy (non-hydrogen) atoms. The van der Waals surface area contributed by atoms with E-state index in [-0.39, 0.29) is 16.9 Å². The summed E-state index contributed by atoms with van der Waals surface area (Å²) in [5.74, 6) is 0.222. The van der Waals surface area contributed by atoms with Crippen LogP contribution in [0.3, 0.4) is 0 Å². The Kier molecular flexibility index (Phi) is 4.37. The zero-order chi connectivity index (χ0) is 12.3. The number of rotatable bonds is 4. The van der Waals surface area contributed by atoms with Crippen LogP contribution in [0.15, 0.2) is 18.2 Å². The van der Waals surface area contributed by atoms with Crippen LogP contribution in [0.4, 0.5) is 4.39 Å². The zero-order valence-electron chi connectivity index (χ0n) is 9.88. The largest absolute Gasteiger partial charge is 0.381 e. The van der Waals surface area contributed by atoms with Gasteiger partial charge in [-0.1, -0.05) is 17.7 Å². The van der Waals surface area contributed by atoms with Gasteiger partial charge in [-0.05, 0) is 37.0 Å². The highest BCUT2D eigenvalue weighted by Crippen LogP contribution is 2.21. The summed E-state index contributed by atoms with van der Waals surface area (Å²) >= 11 is 5.76. The van der Waals surface area contributed by atoms with E-state index >= 15 is 0 Å². The van der Waals surface area contributed by atoms with Gasteiger partial charge in [0.2, 0.25) is 0 Å². The summed E-state index contributed by atoms with van der Waals surface area (Å²) in [7, 11) is 0. The van der Waals surface area contributed by atoms with E-state index in [0.717, 1.165) is 31.7 Å². The standard InChI is InChI=1S/C13H17ClFNO/c1-9(16-7-10-4-5-17-8-10)11-2-3-13(15)12(14)6-11/h2-3,6,9-10,16H,4-5,7-8H2,1H3. The second-order valence-corrected chi connectivity index (χ2v) is 4.94. The number of benzene rings is 1. The maximum absolute atomic E-state index is 13.0. The Bertz CT molecular complexity index is 380. The number of halogens is 2. The first-order chi connectivity index (χ1) is 8.16. The van der Waals surface area contributed by atoms with Crippen LogP contribution in [-0.4, -0.2) is 19.8 Å². The van der Waals surface area contributed by atoms with Crippen molar-refractivity contribution in [3.05, 3.63) is 34.6 Å². The van der Waals surface area contributed by atoms with Gasteiger partial charge in [0.05, 0.1) is 11.6 Å². The predicted octanol–water partition coefficient (Wildman–Crippen LogP) is 3.17. The first-order valence-corrected chi connectivity index (χ1v) is 6.30. The second kappa shape index (κ2) is 5.80. The number of ether oxygens (including phenoxy) is 1. The fourth-order valence-electron chi connectivity index (χ4n) is 1.99. The summed E-state index contributed by atoms with van der Waals surface area (Å²) in [5, 5.41) is 3.61. The summed E-state index contributed by atoms with van der Waals surface area (Å²) in [5.41, 5.74) is 1.01. The van der Waals surface area contributed by atoms with Gasteiger partial charge < -0.3 is 10.1 Å². The molecule has 94 valence electrons. The first-order valence-electron chi connectivity index (χ1n) is 5.93. The summed E-state index contributed by atoms with van der Waals surface area (Å²) in [6.45, 7) is 4.68. The fraction of sp³-hybridized carbons (Fsp3) is 0.538. The number of hydrogen-bond donors (Lipinski definition) is 1. The van der Waals surface area contributed by atoms with E-state index < -0.39 is 0 Å². The molecule has 0 bridgehead atoms. The summed E-state index contributed by atoms with van der Waals surface area (Å²) < 4.78 is 18.3. The Morgan fingerprint density at radius 1 is 1.59 bits per heavy atom. The minimum absolute atomic E-state index is 0.175. The Hall–Kier alpha value is -0.640. The normalized spacial score (nSPS) is 21.7. The average Bonchev–Trinajstić information content (AvgIpc) is 2.82. The van der Waals surface area contributed by atoms with E-state index in [2.05, 4.69) is 12.2 Å². The molecule has 0 amide bonds. The van der Waals surface area contributed by atoms with Gasteiger partial charge in [-0.2, -0.15) is 0 Å². The molecule has 1 fully saturated rings. The molecule has 0 aliphatic carbocycles. The van der Waals surface area contributed by atoms with Crippen LogP contribution < -0.4 is 5.32 Å². The van der Waals surface area contributed by atoms with E-state index in [0.29, 0.717) is 5.92 Å². The van der Waals surface area contributed by atoms with E-state index in [1.54, 1.807) is 12.1 Å². The van der Waals surface area contributed by atoms with Crippen molar-refractivity contribution in [2.45, 2.75) is 19.4 Å². The lowest BCUT2D eigenvalue weighted by molar-refractivity contribution is 0.184. The molecule has 4 heteroatoms. The van der Waals surface area contributed by atoms with Crippen LogP contribution >= 0.6 is 11.6 Å². The zero-order valence-corrected chi connectivity index (χ0v) is 10.6. The highest BCUT2D eigenvalue weighted by Gasteiger charge is 2.16. The molecule has 1 N–H and O–H groups in total. The Labute approximate surface area is 106 Å². The molecule has 2 nitrogen and oxygen atoms in total. The third-order valence-corrected chi connectivity index (χ3v) is 3.47. The molecule has 1 heterocycles. The molecule has 1 aliphatic heterocycles. The second-order valence-electron chi connectivity index (χ2n) is 4.53. The van der Waals surface area contributed by atoms with Gasteiger partial charge in [-0.15, -0.1) is 0 Å². The van der Waals surface area contributed by atoms with Gasteiger partial charge in [0.15, 0.2) is 0 Å². The Morgan fingerprint density at radius 3 is 3.06 bits per heavy atom. The van der Waals surface area contributed by atoms with Gasteiger partial charge >= 0.3 is 0 Å².